The molecule has 2 aromatic carbocycles. The molecule has 2 atom stereocenters. The average molecular weight is 336 g/mol. The molecule has 132 valence electrons. The molecular formula is C22H28N2O. The van der Waals surface area contributed by atoms with E-state index in [1.54, 1.807) is 0 Å². The van der Waals surface area contributed by atoms with Crippen LogP contribution in [0.1, 0.15) is 57.8 Å². The summed E-state index contributed by atoms with van der Waals surface area (Å²) in [6.45, 7) is 10.1. The molecular weight excluding hydrogens is 308 g/mol. The summed E-state index contributed by atoms with van der Waals surface area (Å²) in [5, 5.41) is 3.09. The van der Waals surface area contributed by atoms with Gasteiger partial charge in [-0.15, -0.1) is 0 Å². The van der Waals surface area contributed by atoms with Crippen molar-refractivity contribution in [3.63, 3.8) is 0 Å². The summed E-state index contributed by atoms with van der Waals surface area (Å²) < 4.78 is 0. The van der Waals surface area contributed by atoms with Crippen LogP contribution in [-0.4, -0.2) is 11.6 Å². The van der Waals surface area contributed by atoms with E-state index in [-0.39, 0.29) is 23.4 Å². The molecule has 0 radical (unpaired) electrons. The fourth-order valence-corrected chi connectivity index (χ4v) is 2.68. The summed E-state index contributed by atoms with van der Waals surface area (Å²) in [5.74, 6) is -0.105. The van der Waals surface area contributed by atoms with Gasteiger partial charge in [0.15, 0.2) is 0 Å². The van der Waals surface area contributed by atoms with Crippen LogP contribution >= 0.6 is 0 Å². The average Bonchev–Trinajstić information content (AvgIpc) is 2.59. The van der Waals surface area contributed by atoms with Crippen LogP contribution in [-0.2, 0) is 4.79 Å². The molecule has 0 saturated heterocycles. The number of benzene rings is 2. The molecule has 0 aromatic heterocycles. The van der Waals surface area contributed by atoms with Crippen molar-refractivity contribution in [2.45, 2.75) is 46.7 Å². The third-order valence-corrected chi connectivity index (χ3v) is 4.18. The Morgan fingerprint density at radius 2 is 1.36 bits per heavy atom. The Morgan fingerprint density at radius 1 is 0.880 bits per heavy atom. The van der Waals surface area contributed by atoms with Gasteiger partial charge in [-0.3, -0.25) is 9.79 Å². The molecule has 25 heavy (non-hydrogen) atoms. The topological polar surface area (TPSA) is 41.5 Å². The lowest BCUT2D eigenvalue weighted by Crippen LogP contribution is -2.40. The normalized spacial score (nSPS) is 14.7. The van der Waals surface area contributed by atoms with Crippen molar-refractivity contribution in [3.8, 4) is 0 Å². The van der Waals surface area contributed by atoms with E-state index in [0.717, 1.165) is 11.1 Å². The highest BCUT2D eigenvalue weighted by Gasteiger charge is 2.27. The van der Waals surface area contributed by atoms with Gasteiger partial charge in [0.1, 0.15) is 5.71 Å². The number of nitrogens with one attached hydrogen (secondary N) is 1. The predicted molar refractivity (Wildman–Crippen MR) is 105 cm³/mol. The SMILES string of the molecule is CC(N=C(C(=O)N[C@H](C)c1ccccc1)C(C)(C)C)c1ccccc1. The molecule has 0 saturated carbocycles. The molecule has 0 aliphatic carbocycles. The maximum atomic E-state index is 12.9. The number of carbonyl (C=O) groups excluding carboxylic acids is 1. The summed E-state index contributed by atoms with van der Waals surface area (Å²) in [6, 6.07) is 19.9. The third kappa shape index (κ3) is 5.28. The summed E-state index contributed by atoms with van der Waals surface area (Å²) in [4.78, 5) is 17.7. The lowest BCUT2D eigenvalue weighted by molar-refractivity contribution is -0.115. The van der Waals surface area contributed by atoms with Gasteiger partial charge >= 0.3 is 0 Å². The van der Waals surface area contributed by atoms with Gasteiger partial charge in [-0.05, 0) is 25.0 Å². The van der Waals surface area contributed by atoms with Gasteiger partial charge in [-0.2, -0.15) is 0 Å². The number of nitrogens with zero attached hydrogens (tertiary/aromatic N) is 1. The predicted octanol–water partition coefficient (Wildman–Crippen LogP) is 5.11. The van der Waals surface area contributed by atoms with Crippen LogP contribution in [0, 0.1) is 5.41 Å². The fraction of sp³-hybridized carbons (Fsp3) is 0.364. The van der Waals surface area contributed by atoms with E-state index in [4.69, 9.17) is 4.99 Å². The molecule has 1 N–H and O–H groups in total. The van der Waals surface area contributed by atoms with E-state index in [9.17, 15) is 4.79 Å². The van der Waals surface area contributed by atoms with Crippen LogP contribution in [0.4, 0.5) is 0 Å². The zero-order valence-corrected chi connectivity index (χ0v) is 15.8. The van der Waals surface area contributed by atoms with Gasteiger partial charge in [-0.1, -0.05) is 81.4 Å². The van der Waals surface area contributed by atoms with Crippen molar-refractivity contribution in [1.82, 2.24) is 5.32 Å². The molecule has 0 aliphatic heterocycles. The van der Waals surface area contributed by atoms with Crippen LogP contribution in [0.25, 0.3) is 0 Å². The largest absolute Gasteiger partial charge is 0.344 e. The van der Waals surface area contributed by atoms with Crippen molar-refractivity contribution in [3.05, 3.63) is 71.8 Å². The van der Waals surface area contributed by atoms with E-state index >= 15 is 0 Å². The van der Waals surface area contributed by atoms with E-state index in [1.165, 1.54) is 0 Å². The van der Waals surface area contributed by atoms with E-state index < -0.39 is 0 Å². The van der Waals surface area contributed by atoms with Crippen molar-refractivity contribution < 1.29 is 4.79 Å². The van der Waals surface area contributed by atoms with Crippen molar-refractivity contribution in [2.75, 3.05) is 0 Å². The van der Waals surface area contributed by atoms with Gasteiger partial charge in [0.05, 0.1) is 12.1 Å². The molecule has 3 nitrogen and oxygen atoms in total. The summed E-state index contributed by atoms with van der Waals surface area (Å²) in [7, 11) is 0. The van der Waals surface area contributed by atoms with E-state index in [1.807, 2.05) is 95.3 Å². The molecule has 0 heterocycles. The lowest BCUT2D eigenvalue weighted by Gasteiger charge is -2.24. The first kappa shape index (κ1) is 18.9. The Balaban J connectivity index is 2.22. The van der Waals surface area contributed by atoms with Crippen LogP contribution < -0.4 is 5.32 Å². The van der Waals surface area contributed by atoms with Crippen molar-refractivity contribution in [1.29, 1.82) is 0 Å². The zero-order chi connectivity index (χ0) is 18.4. The Hall–Kier alpha value is -2.42. The Bertz CT molecular complexity index is 715. The van der Waals surface area contributed by atoms with Crippen LogP contribution in [0.3, 0.4) is 0 Å². The minimum atomic E-state index is -0.330. The molecule has 0 aliphatic rings. The number of hydrogen-bond acceptors (Lipinski definition) is 2. The first-order chi connectivity index (χ1) is 11.8. The van der Waals surface area contributed by atoms with Gasteiger partial charge in [-0.25, -0.2) is 0 Å². The lowest BCUT2D eigenvalue weighted by atomic mass is 9.88. The van der Waals surface area contributed by atoms with Crippen LogP contribution in [0.5, 0.6) is 0 Å². The number of amides is 1. The Morgan fingerprint density at radius 3 is 1.84 bits per heavy atom. The second-order valence-corrected chi connectivity index (χ2v) is 7.42. The molecule has 3 heteroatoms. The maximum Gasteiger partial charge on any atom is 0.266 e. The standard InChI is InChI=1S/C22H28N2O/c1-16(18-12-8-6-9-13-18)23-20(22(3,4)5)21(25)24-17(2)19-14-10-7-11-15-19/h6-17H,1-5H3,(H,24,25)/t16?,17-/m1/s1. The highest BCUT2D eigenvalue weighted by molar-refractivity contribution is 6.40. The van der Waals surface area contributed by atoms with Gasteiger partial charge in [0.2, 0.25) is 0 Å². The molecule has 2 rings (SSSR count). The minimum Gasteiger partial charge on any atom is -0.344 e. The molecule has 0 fully saturated rings. The Kier molecular flexibility index (Phi) is 6.13. The van der Waals surface area contributed by atoms with E-state index in [0.29, 0.717) is 5.71 Å². The number of aliphatic imine (C=N–C) groups is 1. The smallest absolute Gasteiger partial charge is 0.266 e. The monoisotopic (exact) mass is 336 g/mol. The third-order valence-electron chi connectivity index (χ3n) is 4.18. The second kappa shape index (κ2) is 8.11. The summed E-state index contributed by atoms with van der Waals surface area (Å²) in [6.07, 6.45) is 0. The summed E-state index contributed by atoms with van der Waals surface area (Å²) in [5.41, 5.74) is 2.43. The number of rotatable bonds is 5. The van der Waals surface area contributed by atoms with Crippen molar-refractivity contribution >= 4 is 11.6 Å². The number of carbonyl (C=O) groups is 1. The van der Waals surface area contributed by atoms with Crippen LogP contribution in [0.15, 0.2) is 65.7 Å². The first-order valence-corrected chi connectivity index (χ1v) is 8.78. The number of hydrogen-bond donors (Lipinski definition) is 1. The quantitative estimate of drug-likeness (QED) is 0.757. The van der Waals surface area contributed by atoms with Gasteiger partial charge in [0, 0.05) is 5.41 Å². The fourth-order valence-electron chi connectivity index (χ4n) is 2.68. The molecule has 0 spiro atoms. The maximum absolute atomic E-state index is 12.9. The van der Waals surface area contributed by atoms with Gasteiger partial charge in [0.25, 0.3) is 5.91 Å². The Labute approximate surface area is 151 Å². The van der Waals surface area contributed by atoms with E-state index in [2.05, 4.69) is 5.32 Å². The highest BCUT2D eigenvalue weighted by atomic mass is 16.2. The molecule has 1 amide bonds. The van der Waals surface area contributed by atoms with Crippen molar-refractivity contribution in [2.24, 2.45) is 10.4 Å². The second-order valence-electron chi connectivity index (χ2n) is 7.42. The molecule has 2 aromatic rings. The first-order valence-electron chi connectivity index (χ1n) is 8.78. The zero-order valence-electron chi connectivity index (χ0n) is 15.8. The molecule has 0 bridgehead atoms. The molecule has 1 unspecified atom stereocenters. The van der Waals surface area contributed by atoms with Gasteiger partial charge < -0.3 is 5.32 Å². The van der Waals surface area contributed by atoms with Crippen LogP contribution in [0.2, 0.25) is 0 Å². The highest BCUT2D eigenvalue weighted by Crippen LogP contribution is 2.23. The summed E-state index contributed by atoms with van der Waals surface area (Å²) >= 11 is 0. The minimum absolute atomic E-state index is 0.0618.